The third kappa shape index (κ3) is 3.73. The molecule has 0 fully saturated rings. The number of amides is 1. The molecule has 0 bridgehead atoms. The Morgan fingerprint density at radius 2 is 1.74 bits per heavy atom. The summed E-state index contributed by atoms with van der Waals surface area (Å²) in [6, 6.07) is 22.2. The summed E-state index contributed by atoms with van der Waals surface area (Å²) >= 11 is 5.89. The molecule has 1 amide bonds. The van der Waals surface area contributed by atoms with Crippen LogP contribution in [0.15, 0.2) is 85.2 Å². The van der Waals surface area contributed by atoms with Gasteiger partial charge < -0.3 is 5.32 Å². The van der Waals surface area contributed by atoms with Gasteiger partial charge in [0.15, 0.2) is 5.69 Å². The van der Waals surface area contributed by atoms with E-state index in [1.807, 2.05) is 42.5 Å². The lowest BCUT2D eigenvalue weighted by molar-refractivity contribution is 0.102. The van der Waals surface area contributed by atoms with Crippen LogP contribution in [0.5, 0.6) is 0 Å². The van der Waals surface area contributed by atoms with E-state index in [0.717, 1.165) is 16.9 Å². The molecular formula is C21H15ClN4O. The van der Waals surface area contributed by atoms with Crippen LogP contribution in [-0.4, -0.2) is 20.7 Å². The first-order valence-electron chi connectivity index (χ1n) is 8.33. The minimum atomic E-state index is -0.294. The topological polar surface area (TPSA) is 59.8 Å². The standard InChI is InChI=1S/C21H15ClN4O/c22-16-8-10-17(11-9-16)24-21(27)19-13-20(15-5-4-12-23-14-15)26(25-19)18-6-2-1-3-7-18/h1-14H,(H,24,27). The van der Waals surface area contributed by atoms with E-state index in [1.165, 1.54) is 0 Å². The number of para-hydroxylation sites is 1. The fourth-order valence-electron chi connectivity index (χ4n) is 2.71. The highest BCUT2D eigenvalue weighted by molar-refractivity contribution is 6.30. The molecule has 0 saturated heterocycles. The number of rotatable bonds is 4. The molecule has 2 aromatic carbocycles. The molecule has 0 unspecified atom stereocenters. The highest BCUT2D eigenvalue weighted by atomic mass is 35.5. The smallest absolute Gasteiger partial charge is 0.276 e. The zero-order valence-electron chi connectivity index (χ0n) is 14.2. The van der Waals surface area contributed by atoms with Gasteiger partial charge in [-0.05, 0) is 54.6 Å². The van der Waals surface area contributed by atoms with Crippen LogP contribution in [-0.2, 0) is 0 Å². The highest BCUT2D eigenvalue weighted by Gasteiger charge is 2.17. The molecule has 132 valence electrons. The van der Waals surface area contributed by atoms with Crippen LogP contribution in [0.3, 0.4) is 0 Å². The van der Waals surface area contributed by atoms with Gasteiger partial charge in [-0.15, -0.1) is 0 Å². The molecule has 0 radical (unpaired) electrons. The van der Waals surface area contributed by atoms with Crippen LogP contribution in [0.4, 0.5) is 5.69 Å². The minimum Gasteiger partial charge on any atom is -0.321 e. The molecule has 2 heterocycles. The molecular weight excluding hydrogens is 360 g/mol. The second kappa shape index (κ2) is 7.43. The Morgan fingerprint density at radius 3 is 2.44 bits per heavy atom. The number of nitrogens with one attached hydrogen (secondary N) is 1. The molecule has 0 aliphatic heterocycles. The van der Waals surface area contributed by atoms with Crippen LogP contribution in [0, 0.1) is 0 Å². The van der Waals surface area contributed by atoms with E-state index in [-0.39, 0.29) is 5.91 Å². The summed E-state index contributed by atoms with van der Waals surface area (Å²) in [6.07, 6.45) is 3.46. The van der Waals surface area contributed by atoms with Gasteiger partial charge in [-0.25, -0.2) is 4.68 Å². The van der Waals surface area contributed by atoms with Crippen LogP contribution in [0.2, 0.25) is 5.02 Å². The molecule has 5 nitrogen and oxygen atoms in total. The van der Waals surface area contributed by atoms with Crippen molar-refractivity contribution in [3.8, 4) is 16.9 Å². The first-order valence-corrected chi connectivity index (χ1v) is 8.71. The fraction of sp³-hybridized carbons (Fsp3) is 0. The number of pyridine rings is 1. The molecule has 6 heteroatoms. The Balaban J connectivity index is 1.72. The lowest BCUT2D eigenvalue weighted by Crippen LogP contribution is -2.13. The van der Waals surface area contributed by atoms with Crippen molar-refractivity contribution in [3.05, 3.63) is 95.9 Å². The number of halogens is 1. The summed E-state index contributed by atoms with van der Waals surface area (Å²) in [4.78, 5) is 16.9. The maximum absolute atomic E-state index is 12.7. The maximum Gasteiger partial charge on any atom is 0.276 e. The Kier molecular flexibility index (Phi) is 4.68. The number of carbonyl (C=O) groups excluding carboxylic acids is 1. The lowest BCUT2D eigenvalue weighted by atomic mass is 10.2. The van der Waals surface area contributed by atoms with Gasteiger partial charge in [0.05, 0.1) is 11.4 Å². The quantitative estimate of drug-likeness (QED) is 0.556. The number of hydrogen-bond acceptors (Lipinski definition) is 3. The van der Waals surface area contributed by atoms with Crippen molar-refractivity contribution in [2.45, 2.75) is 0 Å². The molecule has 4 rings (SSSR count). The molecule has 0 spiro atoms. The van der Waals surface area contributed by atoms with Gasteiger partial charge in [-0.1, -0.05) is 29.8 Å². The van der Waals surface area contributed by atoms with E-state index < -0.39 is 0 Å². The van der Waals surface area contributed by atoms with Gasteiger partial charge in [0.1, 0.15) is 0 Å². The summed E-state index contributed by atoms with van der Waals surface area (Å²) in [6.45, 7) is 0. The van der Waals surface area contributed by atoms with Gasteiger partial charge in [-0.3, -0.25) is 9.78 Å². The zero-order valence-corrected chi connectivity index (χ0v) is 15.0. The number of anilines is 1. The maximum atomic E-state index is 12.7. The van der Waals surface area contributed by atoms with Gasteiger partial charge in [0.2, 0.25) is 0 Å². The molecule has 0 aliphatic carbocycles. The average Bonchev–Trinajstić information content (AvgIpc) is 3.17. The van der Waals surface area contributed by atoms with Crippen molar-refractivity contribution in [1.82, 2.24) is 14.8 Å². The van der Waals surface area contributed by atoms with E-state index in [4.69, 9.17) is 11.6 Å². The van der Waals surface area contributed by atoms with Gasteiger partial charge in [0.25, 0.3) is 5.91 Å². The summed E-state index contributed by atoms with van der Waals surface area (Å²) in [5.41, 5.74) is 3.49. The predicted octanol–water partition coefficient (Wildman–Crippen LogP) is 4.84. The van der Waals surface area contributed by atoms with Crippen molar-refractivity contribution in [3.63, 3.8) is 0 Å². The number of benzene rings is 2. The molecule has 27 heavy (non-hydrogen) atoms. The van der Waals surface area contributed by atoms with Gasteiger partial charge in [0, 0.05) is 28.7 Å². The number of hydrogen-bond donors (Lipinski definition) is 1. The summed E-state index contributed by atoms with van der Waals surface area (Å²) in [7, 11) is 0. The van der Waals surface area contributed by atoms with Crippen molar-refractivity contribution in [1.29, 1.82) is 0 Å². The largest absolute Gasteiger partial charge is 0.321 e. The van der Waals surface area contributed by atoms with Crippen LogP contribution in [0.25, 0.3) is 16.9 Å². The third-order valence-corrected chi connectivity index (χ3v) is 4.25. The molecule has 0 saturated carbocycles. The van der Waals surface area contributed by atoms with E-state index in [2.05, 4.69) is 15.4 Å². The van der Waals surface area contributed by atoms with E-state index in [1.54, 1.807) is 47.4 Å². The van der Waals surface area contributed by atoms with Crippen molar-refractivity contribution in [2.24, 2.45) is 0 Å². The normalized spacial score (nSPS) is 10.6. The van der Waals surface area contributed by atoms with Crippen LogP contribution in [0.1, 0.15) is 10.5 Å². The van der Waals surface area contributed by atoms with Crippen molar-refractivity contribution in [2.75, 3.05) is 5.32 Å². The van der Waals surface area contributed by atoms with Crippen LogP contribution >= 0.6 is 11.6 Å². The van der Waals surface area contributed by atoms with Gasteiger partial charge >= 0.3 is 0 Å². The van der Waals surface area contributed by atoms with Crippen molar-refractivity contribution < 1.29 is 4.79 Å². The highest BCUT2D eigenvalue weighted by Crippen LogP contribution is 2.24. The second-order valence-electron chi connectivity index (χ2n) is 5.86. The van der Waals surface area contributed by atoms with E-state index >= 15 is 0 Å². The Hall–Kier alpha value is -3.44. The minimum absolute atomic E-state index is 0.294. The Morgan fingerprint density at radius 1 is 0.963 bits per heavy atom. The summed E-state index contributed by atoms with van der Waals surface area (Å²) in [5, 5.41) is 7.97. The van der Waals surface area contributed by atoms with E-state index in [0.29, 0.717) is 16.4 Å². The Bertz CT molecular complexity index is 1000. The summed E-state index contributed by atoms with van der Waals surface area (Å²) in [5.74, 6) is -0.294. The number of aromatic nitrogens is 3. The van der Waals surface area contributed by atoms with Crippen molar-refractivity contribution >= 4 is 23.2 Å². The SMILES string of the molecule is O=C(Nc1ccc(Cl)cc1)c1cc(-c2cccnc2)n(-c2ccccc2)n1. The molecule has 0 aliphatic rings. The first-order chi connectivity index (χ1) is 13.2. The average molecular weight is 375 g/mol. The van der Waals surface area contributed by atoms with Gasteiger partial charge in [-0.2, -0.15) is 5.10 Å². The fourth-order valence-corrected chi connectivity index (χ4v) is 2.83. The third-order valence-electron chi connectivity index (χ3n) is 4.00. The molecule has 0 atom stereocenters. The first kappa shape index (κ1) is 17.0. The predicted molar refractivity (Wildman–Crippen MR) is 106 cm³/mol. The molecule has 4 aromatic rings. The number of nitrogens with zero attached hydrogens (tertiary/aromatic N) is 3. The number of carbonyl (C=O) groups is 1. The second-order valence-corrected chi connectivity index (χ2v) is 6.30. The Labute approximate surface area is 161 Å². The van der Waals surface area contributed by atoms with Crippen LogP contribution < -0.4 is 5.32 Å². The molecule has 2 aromatic heterocycles. The zero-order chi connectivity index (χ0) is 18.6. The lowest BCUT2D eigenvalue weighted by Gasteiger charge is -2.06. The van der Waals surface area contributed by atoms with E-state index in [9.17, 15) is 4.79 Å². The molecule has 1 N–H and O–H groups in total. The monoisotopic (exact) mass is 374 g/mol. The summed E-state index contributed by atoms with van der Waals surface area (Å²) < 4.78 is 1.74.